The van der Waals surface area contributed by atoms with E-state index in [9.17, 15) is 4.79 Å². The van der Waals surface area contributed by atoms with Crippen LogP contribution in [0.25, 0.3) is 0 Å². The third-order valence-electron chi connectivity index (χ3n) is 2.59. The summed E-state index contributed by atoms with van der Waals surface area (Å²) in [5.74, 6) is 0.0128. The number of anilines is 2. The van der Waals surface area contributed by atoms with Crippen molar-refractivity contribution < 1.29 is 4.79 Å². The molecule has 0 aliphatic carbocycles. The van der Waals surface area contributed by atoms with Crippen LogP contribution in [0, 0.1) is 0 Å². The molecule has 0 atom stereocenters. The summed E-state index contributed by atoms with van der Waals surface area (Å²) in [6.07, 6.45) is 0. The van der Waals surface area contributed by atoms with Gasteiger partial charge < -0.3 is 11.1 Å². The molecule has 1 aromatic carbocycles. The second-order valence-corrected chi connectivity index (χ2v) is 4.86. The Bertz CT molecular complexity index is 426. The molecule has 4 heteroatoms. The van der Waals surface area contributed by atoms with Crippen molar-refractivity contribution in [3.8, 4) is 0 Å². The average Bonchev–Trinajstić information content (AvgIpc) is 2.28. The first-order valence-corrected chi connectivity index (χ1v) is 5.13. The van der Waals surface area contributed by atoms with Crippen LogP contribution in [0.1, 0.15) is 19.4 Å². The van der Waals surface area contributed by atoms with Gasteiger partial charge in [-0.2, -0.15) is 0 Å². The number of nitrogen functional groups attached to an aromatic ring is 1. The monoisotopic (exact) mass is 254 g/mol. The molecular weight excluding hydrogens is 244 g/mol. The van der Waals surface area contributed by atoms with Crippen LogP contribution in [0.3, 0.4) is 0 Å². The first kappa shape index (κ1) is 9.52. The molecule has 3 N–H and O–H groups in total. The lowest BCUT2D eigenvalue weighted by molar-refractivity contribution is -0.119. The maximum atomic E-state index is 11.6. The number of carbonyl (C=O) groups is 1. The van der Waals surface area contributed by atoms with Crippen molar-refractivity contribution in [2.45, 2.75) is 19.3 Å². The molecule has 1 amide bonds. The predicted molar refractivity (Wildman–Crippen MR) is 60.2 cm³/mol. The van der Waals surface area contributed by atoms with Crippen molar-refractivity contribution in [1.29, 1.82) is 0 Å². The van der Waals surface area contributed by atoms with E-state index in [-0.39, 0.29) is 5.91 Å². The number of carbonyl (C=O) groups excluding carboxylic acids is 1. The standard InChI is InChI=1S/C10H11BrN2O/c1-10(2)6-3-5(12)4-7(11)8(6)13-9(10)14/h3-4H,12H2,1-2H3,(H,13,14). The Kier molecular flexibility index (Phi) is 1.86. The van der Waals surface area contributed by atoms with Crippen LogP contribution in [0.5, 0.6) is 0 Å². The van der Waals surface area contributed by atoms with Crippen molar-refractivity contribution in [2.75, 3.05) is 11.1 Å². The highest BCUT2D eigenvalue weighted by molar-refractivity contribution is 9.10. The van der Waals surface area contributed by atoms with Crippen molar-refractivity contribution in [1.82, 2.24) is 0 Å². The van der Waals surface area contributed by atoms with E-state index in [0.717, 1.165) is 15.7 Å². The largest absolute Gasteiger partial charge is 0.399 e. The van der Waals surface area contributed by atoms with Gasteiger partial charge in [-0.3, -0.25) is 4.79 Å². The maximum absolute atomic E-state index is 11.6. The number of benzene rings is 1. The molecule has 0 spiro atoms. The van der Waals surface area contributed by atoms with Crippen LogP contribution in [0.4, 0.5) is 11.4 Å². The molecular formula is C10H11BrN2O. The Labute approximate surface area is 90.8 Å². The fraction of sp³-hybridized carbons (Fsp3) is 0.300. The summed E-state index contributed by atoms with van der Waals surface area (Å²) in [5, 5.41) is 2.84. The number of amides is 1. The van der Waals surface area contributed by atoms with Gasteiger partial charge in [0, 0.05) is 10.2 Å². The average molecular weight is 255 g/mol. The normalized spacial score (nSPS) is 17.8. The zero-order chi connectivity index (χ0) is 10.5. The van der Waals surface area contributed by atoms with Gasteiger partial charge in [0.05, 0.1) is 11.1 Å². The number of nitrogens with one attached hydrogen (secondary N) is 1. The zero-order valence-electron chi connectivity index (χ0n) is 8.02. The van der Waals surface area contributed by atoms with Crippen molar-refractivity contribution in [2.24, 2.45) is 0 Å². The van der Waals surface area contributed by atoms with Gasteiger partial charge in [-0.1, -0.05) is 0 Å². The molecule has 1 heterocycles. The lowest BCUT2D eigenvalue weighted by Crippen LogP contribution is -2.26. The van der Waals surface area contributed by atoms with Crippen molar-refractivity contribution in [3.63, 3.8) is 0 Å². The predicted octanol–water partition coefficient (Wildman–Crippen LogP) is 2.26. The van der Waals surface area contributed by atoms with Gasteiger partial charge in [0.15, 0.2) is 0 Å². The van der Waals surface area contributed by atoms with E-state index in [2.05, 4.69) is 21.2 Å². The lowest BCUT2D eigenvalue weighted by Gasteiger charge is -2.15. The Balaban J connectivity index is 2.71. The highest BCUT2D eigenvalue weighted by Crippen LogP contribution is 2.42. The van der Waals surface area contributed by atoms with Gasteiger partial charge in [-0.15, -0.1) is 0 Å². The molecule has 74 valence electrons. The van der Waals surface area contributed by atoms with E-state index < -0.39 is 5.41 Å². The molecule has 0 radical (unpaired) electrons. The number of fused-ring (bicyclic) bond motifs is 1. The summed E-state index contributed by atoms with van der Waals surface area (Å²) >= 11 is 3.38. The molecule has 0 saturated heterocycles. The van der Waals surface area contributed by atoms with Gasteiger partial charge in [-0.25, -0.2) is 0 Å². The SMILES string of the molecule is CC1(C)C(=O)Nc2c(Br)cc(N)cc21. The van der Waals surface area contributed by atoms with E-state index in [1.54, 1.807) is 6.07 Å². The lowest BCUT2D eigenvalue weighted by atomic mass is 9.86. The number of nitrogens with two attached hydrogens (primary N) is 1. The van der Waals surface area contributed by atoms with Crippen molar-refractivity contribution in [3.05, 3.63) is 22.2 Å². The van der Waals surface area contributed by atoms with Gasteiger partial charge in [0.1, 0.15) is 0 Å². The summed E-state index contributed by atoms with van der Waals surface area (Å²) in [6.45, 7) is 3.78. The van der Waals surface area contributed by atoms with E-state index in [4.69, 9.17) is 5.73 Å². The molecule has 1 aliphatic heterocycles. The molecule has 0 fully saturated rings. The molecule has 0 aromatic heterocycles. The zero-order valence-corrected chi connectivity index (χ0v) is 9.60. The van der Waals surface area contributed by atoms with Gasteiger partial charge in [0.25, 0.3) is 0 Å². The number of hydrogen-bond donors (Lipinski definition) is 2. The number of halogens is 1. The van der Waals surface area contributed by atoms with E-state index in [1.807, 2.05) is 19.9 Å². The Morgan fingerprint density at radius 2 is 2.07 bits per heavy atom. The highest BCUT2D eigenvalue weighted by Gasteiger charge is 2.39. The van der Waals surface area contributed by atoms with Crippen LogP contribution in [0.2, 0.25) is 0 Å². The minimum atomic E-state index is -0.493. The van der Waals surface area contributed by atoms with Gasteiger partial charge in [0.2, 0.25) is 5.91 Å². The fourth-order valence-electron chi connectivity index (χ4n) is 1.64. The second kappa shape index (κ2) is 2.73. The molecule has 3 nitrogen and oxygen atoms in total. The Hall–Kier alpha value is -1.03. The summed E-state index contributed by atoms with van der Waals surface area (Å²) in [6, 6.07) is 3.64. The fourth-order valence-corrected chi connectivity index (χ4v) is 2.22. The topological polar surface area (TPSA) is 55.1 Å². The van der Waals surface area contributed by atoms with Gasteiger partial charge in [-0.05, 0) is 47.5 Å². The van der Waals surface area contributed by atoms with E-state index >= 15 is 0 Å². The summed E-state index contributed by atoms with van der Waals surface area (Å²) in [4.78, 5) is 11.6. The minimum Gasteiger partial charge on any atom is -0.399 e. The molecule has 14 heavy (non-hydrogen) atoms. The van der Waals surface area contributed by atoms with Crippen LogP contribution in [0.15, 0.2) is 16.6 Å². The summed E-state index contributed by atoms with van der Waals surface area (Å²) in [7, 11) is 0. The Morgan fingerprint density at radius 1 is 1.43 bits per heavy atom. The second-order valence-electron chi connectivity index (χ2n) is 4.00. The maximum Gasteiger partial charge on any atom is 0.234 e. The first-order chi connectivity index (χ1) is 6.43. The molecule has 0 unspecified atom stereocenters. The van der Waals surface area contributed by atoms with Crippen LogP contribution in [-0.2, 0) is 10.2 Å². The highest BCUT2D eigenvalue weighted by atomic mass is 79.9. The molecule has 2 rings (SSSR count). The molecule has 1 aromatic rings. The van der Waals surface area contributed by atoms with E-state index in [0.29, 0.717) is 5.69 Å². The summed E-state index contributed by atoms with van der Waals surface area (Å²) < 4.78 is 0.839. The quantitative estimate of drug-likeness (QED) is 0.698. The molecule has 0 saturated carbocycles. The number of rotatable bonds is 0. The van der Waals surface area contributed by atoms with Crippen LogP contribution in [-0.4, -0.2) is 5.91 Å². The van der Waals surface area contributed by atoms with Crippen LogP contribution < -0.4 is 11.1 Å². The third kappa shape index (κ3) is 1.14. The number of hydrogen-bond acceptors (Lipinski definition) is 2. The van der Waals surface area contributed by atoms with Crippen LogP contribution >= 0.6 is 15.9 Å². The van der Waals surface area contributed by atoms with Crippen molar-refractivity contribution >= 4 is 33.2 Å². The minimum absolute atomic E-state index is 0.0128. The summed E-state index contributed by atoms with van der Waals surface area (Å²) in [5.41, 5.74) is 7.70. The smallest absolute Gasteiger partial charge is 0.234 e. The van der Waals surface area contributed by atoms with E-state index in [1.165, 1.54) is 0 Å². The first-order valence-electron chi connectivity index (χ1n) is 4.34. The Morgan fingerprint density at radius 3 is 2.71 bits per heavy atom. The third-order valence-corrected chi connectivity index (χ3v) is 3.22. The molecule has 0 bridgehead atoms. The van der Waals surface area contributed by atoms with Gasteiger partial charge >= 0.3 is 0 Å². The molecule has 1 aliphatic rings.